The molecule has 5 heterocycles. The lowest BCUT2D eigenvalue weighted by Crippen LogP contribution is -2.55. The van der Waals surface area contributed by atoms with Crippen molar-refractivity contribution >= 4 is 16.9 Å². The number of hydrogen-bond acceptors (Lipinski definition) is 9. The molecule has 0 aliphatic carbocycles. The van der Waals surface area contributed by atoms with Crippen LogP contribution in [0.3, 0.4) is 0 Å². The quantitative estimate of drug-likeness (QED) is 0.351. The van der Waals surface area contributed by atoms with Gasteiger partial charge >= 0.3 is 5.97 Å². The Morgan fingerprint density at radius 1 is 1.25 bits per heavy atom. The van der Waals surface area contributed by atoms with Crippen LogP contribution in [-0.2, 0) is 34.8 Å². The fraction of sp³-hybridized carbons (Fsp3) is 0.500. The number of piperazine rings is 1. The first kappa shape index (κ1) is 26.9. The van der Waals surface area contributed by atoms with E-state index in [4.69, 9.17) is 14.5 Å². The van der Waals surface area contributed by atoms with Crippen molar-refractivity contribution in [1.82, 2.24) is 24.7 Å². The number of cyclic esters (lactones) is 1. The van der Waals surface area contributed by atoms with Crippen molar-refractivity contribution in [3.8, 4) is 17.1 Å². The number of fused-ring (bicyclic) bond motifs is 5. The molecule has 3 aromatic rings. The summed E-state index contributed by atoms with van der Waals surface area (Å²) in [6.45, 7) is 9.35. The molecule has 0 unspecified atom stereocenters. The molecule has 0 spiro atoms. The van der Waals surface area contributed by atoms with E-state index >= 15 is 0 Å². The summed E-state index contributed by atoms with van der Waals surface area (Å²) < 4.78 is 13.3. The van der Waals surface area contributed by atoms with Crippen LogP contribution >= 0.6 is 0 Å². The minimum Gasteiger partial charge on any atom is -0.478 e. The molecule has 3 atom stereocenters. The summed E-state index contributed by atoms with van der Waals surface area (Å²) >= 11 is 0. The van der Waals surface area contributed by atoms with Crippen molar-refractivity contribution in [3.63, 3.8) is 0 Å². The van der Waals surface area contributed by atoms with Gasteiger partial charge in [-0.3, -0.25) is 9.69 Å². The van der Waals surface area contributed by atoms with Gasteiger partial charge in [-0.25, -0.2) is 9.78 Å². The van der Waals surface area contributed by atoms with Crippen molar-refractivity contribution in [3.05, 3.63) is 56.9 Å². The molecule has 3 aliphatic heterocycles. The van der Waals surface area contributed by atoms with Crippen LogP contribution < -0.4 is 15.6 Å². The molecule has 1 fully saturated rings. The predicted octanol–water partition coefficient (Wildman–Crippen LogP) is 2.16. The Balaban J connectivity index is 1.42. The van der Waals surface area contributed by atoms with Gasteiger partial charge in [0.1, 0.15) is 19.1 Å². The Morgan fingerprint density at radius 2 is 2.05 bits per heavy atom. The maximum Gasteiger partial charge on any atom is 0.343 e. The van der Waals surface area contributed by atoms with E-state index in [0.29, 0.717) is 54.4 Å². The van der Waals surface area contributed by atoms with E-state index in [1.54, 1.807) is 17.6 Å². The minimum atomic E-state index is -1.84. The van der Waals surface area contributed by atoms with Crippen LogP contribution in [0, 0.1) is 0 Å². The van der Waals surface area contributed by atoms with E-state index in [-0.39, 0.29) is 18.6 Å². The van der Waals surface area contributed by atoms with Crippen molar-refractivity contribution in [2.45, 2.75) is 64.6 Å². The number of ether oxygens (including phenoxy) is 2. The highest BCUT2D eigenvalue weighted by Gasteiger charge is 2.45. The highest BCUT2D eigenvalue weighted by Crippen LogP contribution is 2.40. The van der Waals surface area contributed by atoms with E-state index in [9.17, 15) is 14.7 Å². The number of rotatable bonds is 6. The maximum absolute atomic E-state index is 13.5. The van der Waals surface area contributed by atoms with Gasteiger partial charge in [-0.2, -0.15) is 0 Å². The SMILES string of the molecule is CC[C@@]1(O)C(=O)OCc2c1cc1n(c2=O)Cc2cc3c(CN(C)C)c(OCN4C[C@@H](C)NC[C@@H]4C)ccc3nc2-1. The topological polar surface area (TPSA) is 109 Å². The minimum absolute atomic E-state index is 0.113. The van der Waals surface area contributed by atoms with Gasteiger partial charge in [0.15, 0.2) is 5.60 Å². The molecule has 0 bridgehead atoms. The molecule has 40 heavy (non-hydrogen) atoms. The summed E-state index contributed by atoms with van der Waals surface area (Å²) in [7, 11) is 4.06. The number of hydrogen-bond donors (Lipinski definition) is 2. The lowest BCUT2D eigenvalue weighted by atomic mass is 9.86. The number of benzene rings is 1. The van der Waals surface area contributed by atoms with Gasteiger partial charge in [-0.15, -0.1) is 0 Å². The van der Waals surface area contributed by atoms with E-state index < -0.39 is 11.6 Å². The van der Waals surface area contributed by atoms with E-state index in [1.165, 1.54) is 0 Å². The van der Waals surface area contributed by atoms with Gasteiger partial charge in [-0.1, -0.05) is 6.92 Å². The maximum atomic E-state index is 13.5. The number of aliphatic hydroxyl groups is 1. The summed E-state index contributed by atoms with van der Waals surface area (Å²) in [5.74, 6) is 0.107. The van der Waals surface area contributed by atoms with Gasteiger partial charge in [0, 0.05) is 53.8 Å². The van der Waals surface area contributed by atoms with Crippen LogP contribution in [0.1, 0.15) is 49.4 Å². The molecule has 212 valence electrons. The van der Waals surface area contributed by atoms with Crippen molar-refractivity contribution in [2.75, 3.05) is 33.9 Å². The molecule has 0 saturated carbocycles. The summed E-state index contributed by atoms with van der Waals surface area (Å²) in [6.07, 6.45) is 0.113. The van der Waals surface area contributed by atoms with Crippen LogP contribution in [0.2, 0.25) is 0 Å². The van der Waals surface area contributed by atoms with Gasteiger partial charge in [-0.05, 0) is 58.6 Å². The number of carbonyl (C=O) groups is 1. The lowest BCUT2D eigenvalue weighted by Gasteiger charge is -2.37. The Labute approximate surface area is 233 Å². The van der Waals surface area contributed by atoms with Crippen LogP contribution in [0.25, 0.3) is 22.3 Å². The number of carbonyl (C=O) groups excluding carboxylic acids is 1. The molecule has 6 rings (SSSR count). The van der Waals surface area contributed by atoms with E-state index in [2.05, 4.69) is 35.0 Å². The zero-order valence-corrected chi connectivity index (χ0v) is 23.8. The number of esters is 1. The van der Waals surface area contributed by atoms with Gasteiger partial charge in [0.2, 0.25) is 0 Å². The zero-order valence-electron chi connectivity index (χ0n) is 23.8. The molecule has 1 saturated heterocycles. The number of nitrogens with zero attached hydrogens (tertiary/aromatic N) is 4. The highest BCUT2D eigenvalue weighted by atomic mass is 16.6. The molecule has 0 amide bonds. The van der Waals surface area contributed by atoms with Crippen LogP contribution in [0.5, 0.6) is 5.75 Å². The first-order valence-electron chi connectivity index (χ1n) is 14.0. The van der Waals surface area contributed by atoms with Crippen molar-refractivity contribution in [2.24, 2.45) is 0 Å². The summed E-state index contributed by atoms with van der Waals surface area (Å²) in [5, 5.41) is 15.6. The molecular formula is C30H37N5O5. The van der Waals surface area contributed by atoms with Crippen LogP contribution in [0.4, 0.5) is 0 Å². The molecular weight excluding hydrogens is 510 g/mol. The second-order valence-corrected chi connectivity index (χ2v) is 11.6. The molecule has 3 aliphatic rings. The van der Waals surface area contributed by atoms with Crippen molar-refractivity contribution < 1.29 is 19.4 Å². The molecule has 10 heteroatoms. The largest absolute Gasteiger partial charge is 0.478 e. The Bertz CT molecular complexity index is 1570. The number of aromatic nitrogens is 2. The summed E-state index contributed by atoms with van der Waals surface area (Å²) in [6, 6.07) is 8.60. The fourth-order valence-electron chi connectivity index (χ4n) is 6.14. The zero-order chi connectivity index (χ0) is 28.3. The standard InChI is InChI=1S/C30H37N5O5/c1-6-30(38)23-10-25-27-19(13-35(25)28(36)22(23)15-39-29(30)37)9-20-21(14-33(4)5)26(8-7-24(20)32-27)40-16-34-12-17(2)31-11-18(34)3/h7-10,17-18,31,38H,6,11-16H2,1-5H3/t17-,18+,30+/m1/s1. The molecule has 2 N–H and O–H groups in total. The average Bonchev–Trinajstić information content (AvgIpc) is 3.29. The van der Waals surface area contributed by atoms with Gasteiger partial charge < -0.3 is 29.4 Å². The molecule has 0 radical (unpaired) electrons. The van der Waals surface area contributed by atoms with E-state index in [1.807, 2.05) is 26.2 Å². The first-order chi connectivity index (χ1) is 19.1. The van der Waals surface area contributed by atoms with Crippen LogP contribution in [-0.4, -0.2) is 76.4 Å². The summed E-state index contributed by atoms with van der Waals surface area (Å²) in [4.78, 5) is 35.5. The Hall–Kier alpha value is -3.31. The Morgan fingerprint density at radius 3 is 2.80 bits per heavy atom. The predicted molar refractivity (Wildman–Crippen MR) is 151 cm³/mol. The third-order valence-electron chi connectivity index (χ3n) is 8.51. The van der Waals surface area contributed by atoms with Gasteiger partial charge in [0.25, 0.3) is 5.56 Å². The average molecular weight is 548 g/mol. The number of nitrogens with one attached hydrogen (secondary N) is 1. The molecule has 2 aromatic heterocycles. The normalized spacial score (nSPS) is 24.1. The summed E-state index contributed by atoms with van der Waals surface area (Å²) in [5.41, 5.74) is 2.62. The molecule has 10 nitrogen and oxygen atoms in total. The van der Waals surface area contributed by atoms with Crippen LogP contribution in [0.15, 0.2) is 29.1 Å². The number of pyridine rings is 2. The monoisotopic (exact) mass is 547 g/mol. The van der Waals surface area contributed by atoms with E-state index in [0.717, 1.165) is 40.9 Å². The lowest BCUT2D eigenvalue weighted by molar-refractivity contribution is -0.172. The fourth-order valence-corrected chi connectivity index (χ4v) is 6.14. The first-order valence-corrected chi connectivity index (χ1v) is 14.0. The van der Waals surface area contributed by atoms with Crippen molar-refractivity contribution in [1.29, 1.82) is 0 Å². The second-order valence-electron chi connectivity index (χ2n) is 11.6. The Kier molecular flexibility index (Phi) is 6.69. The highest BCUT2D eigenvalue weighted by molar-refractivity contribution is 5.89. The second kappa shape index (κ2) is 9.95. The van der Waals surface area contributed by atoms with Gasteiger partial charge in [0.05, 0.1) is 29.0 Å². The smallest absolute Gasteiger partial charge is 0.343 e. The molecule has 1 aromatic carbocycles. The third-order valence-corrected chi connectivity index (χ3v) is 8.51. The third kappa shape index (κ3) is 4.30.